The standard InChI is InChI=1S/C33H32ClF2N5O2/c1-7-22-9-8-10-26(36)28(22)23-16-27-24(15-25(23)34)31(40-14-13-39(17-20(40)5)32(42)21(6)35)38-33(43)41(27)30-19(4)11-12-37-29(30)18(2)3/h7-12,15-16,18,20H,1,6,13-14,17H2,2-5H3/t20-/m0/s1/i1D2,4D3. The highest BCUT2D eigenvalue weighted by Crippen LogP contribution is 2.39. The fourth-order valence-corrected chi connectivity index (χ4v) is 5.82. The van der Waals surface area contributed by atoms with Gasteiger partial charge in [-0.05, 0) is 55.1 Å². The Bertz CT molecular complexity index is 2050. The predicted octanol–water partition coefficient (Wildman–Crippen LogP) is 6.84. The molecule has 2 aromatic heterocycles. The van der Waals surface area contributed by atoms with Gasteiger partial charge >= 0.3 is 5.69 Å². The molecule has 1 amide bonds. The number of benzene rings is 2. The van der Waals surface area contributed by atoms with Crippen LogP contribution in [0.3, 0.4) is 0 Å². The molecule has 0 radical (unpaired) electrons. The minimum Gasteiger partial charge on any atom is -0.350 e. The van der Waals surface area contributed by atoms with Gasteiger partial charge in [0.15, 0.2) is 5.83 Å². The highest BCUT2D eigenvalue weighted by atomic mass is 35.5. The maximum absolute atomic E-state index is 15.6. The number of carbonyl (C=O) groups is 1. The molecule has 0 saturated carbocycles. The SMILES string of the molecule is [2H]C([2H])=Cc1cccc(F)c1-c1cc2c(cc1Cl)c(N1CCN(C(=O)C(=C)F)C[C@@H]1C)nc(=O)n2-c1c(C([2H])([2H])[2H])ccnc1C(C)C. The Balaban J connectivity index is 1.89. The maximum atomic E-state index is 15.6. The molecule has 1 atom stereocenters. The number of fused-ring (bicyclic) bond motifs is 1. The highest BCUT2D eigenvalue weighted by Gasteiger charge is 2.31. The van der Waals surface area contributed by atoms with E-state index in [2.05, 4.69) is 16.5 Å². The third kappa shape index (κ3) is 5.33. The lowest BCUT2D eigenvalue weighted by atomic mass is 9.97. The molecule has 5 rings (SSSR count). The first kappa shape index (κ1) is 24.1. The van der Waals surface area contributed by atoms with Crippen LogP contribution in [0.4, 0.5) is 14.6 Å². The summed E-state index contributed by atoms with van der Waals surface area (Å²) in [7, 11) is 0. The number of aryl methyl sites for hydroxylation is 1. The number of hydrogen-bond acceptors (Lipinski definition) is 5. The van der Waals surface area contributed by atoms with Gasteiger partial charge in [0, 0.05) is 57.5 Å². The van der Waals surface area contributed by atoms with Crippen LogP contribution in [-0.4, -0.2) is 51.0 Å². The Morgan fingerprint density at radius 1 is 1.28 bits per heavy atom. The number of amides is 1. The summed E-state index contributed by atoms with van der Waals surface area (Å²) in [4.78, 5) is 38.5. The summed E-state index contributed by atoms with van der Waals surface area (Å²) < 4.78 is 70.7. The van der Waals surface area contributed by atoms with Gasteiger partial charge in [-0.1, -0.05) is 56.8 Å². The van der Waals surface area contributed by atoms with Crippen LogP contribution in [-0.2, 0) is 4.79 Å². The minimum absolute atomic E-state index is 0.00741. The van der Waals surface area contributed by atoms with Crippen LogP contribution in [0.15, 0.2) is 66.3 Å². The van der Waals surface area contributed by atoms with Crippen molar-refractivity contribution < 1.29 is 20.4 Å². The molecule has 3 heterocycles. The van der Waals surface area contributed by atoms with Crippen molar-refractivity contribution in [1.82, 2.24) is 19.4 Å². The molecule has 4 aromatic rings. The van der Waals surface area contributed by atoms with Gasteiger partial charge < -0.3 is 9.80 Å². The predicted molar refractivity (Wildman–Crippen MR) is 168 cm³/mol. The van der Waals surface area contributed by atoms with Gasteiger partial charge in [0.1, 0.15) is 11.6 Å². The Morgan fingerprint density at radius 2 is 2.07 bits per heavy atom. The molecule has 0 bridgehead atoms. The third-order valence-corrected chi connectivity index (χ3v) is 7.89. The van der Waals surface area contributed by atoms with Gasteiger partial charge in [0.05, 0.1) is 19.6 Å². The third-order valence-electron chi connectivity index (χ3n) is 7.57. The fraction of sp³-hybridized carbons (Fsp3) is 0.273. The van der Waals surface area contributed by atoms with Crippen LogP contribution in [0.5, 0.6) is 0 Å². The molecular formula is C33H32ClF2N5O2. The fourth-order valence-electron chi connectivity index (χ4n) is 5.56. The quantitative estimate of drug-likeness (QED) is 0.224. The van der Waals surface area contributed by atoms with Gasteiger partial charge in [0.25, 0.3) is 5.91 Å². The molecule has 1 saturated heterocycles. The first-order valence-electron chi connectivity index (χ1n) is 16.1. The topological polar surface area (TPSA) is 71.3 Å². The van der Waals surface area contributed by atoms with Crippen molar-refractivity contribution in [1.29, 1.82) is 0 Å². The number of halogens is 3. The smallest absolute Gasteiger partial charge is 0.350 e. The number of carbonyl (C=O) groups excluding carboxylic acids is 1. The molecule has 222 valence electrons. The Kier molecular flexibility index (Phi) is 6.57. The van der Waals surface area contributed by atoms with E-state index in [0.717, 1.165) is 10.6 Å². The van der Waals surface area contributed by atoms with Crippen LogP contribution < -0.4 is 10.6 Å². The molecule has 0 unspecified atom stereocenters. The molecule has 1 fully saturated rings. The molecule has 0 N–H and O–H groups in total. The van der Waals surface area contributed by atoms with E-state index in [1.165, 1.54) is 47.5 Å². The van der Waals surface area contributed by atoms with Crippen molar-refractivity contribution in [2.45, 2.75) is 39.6 Å². The van der Waals surface area contributed by atoms with Crippen molar-refractivity contribution in [3.8, 4) is 16.8 Å². The van der Waals surface area contributed by atoms with E-state index >= 15 is 4.39 Å². The minimum atomic E-state index is -2.67. The Labute approximate surface area is 260 Å². The van der Waals surface area contributed by atoms with E-state index in [4.69, 9.17) is 18.5 Å². The van der Waals surface area contributed by atoms with Crippen LogP contribution in [0.25, 0.3) is 33.8 Å². The zero-order valence-corrected chi connectivity index (χ0v) is 24.5. The van der Waals surface area contributed by atoms with Crippen molar-refractivity contribution in [2.24, 2.45) is 0 Å². The largest absolute Gasteiger partial charge is 0.354 e. The highest BCUT2D eigenvalue weighted by molar-refractivity contribution is 6.34. The number of nitrogens with zero attached hydrogens (tertiary/aromatic N) is 5. The zero-order chi connectivity index (χ0) is 35.2. The summed E-state index contributed by atoms with van der Waals surface area (Å²) in [5.74, 6) is -2.78. The lowest BCUT2D eigenvalue weighted by Gasteiger charge is -2.40. The molecular weight excluding hydrogens is 572 g/mol. The van der Waals surface area contributed by atoms with Gasteiger partial charge in [-0.15, -0.1) is 0 Å². The van der Waals surface area contributed by atoms with E-state index < -0.39 is 42.7 Å². The van der Waals surface area contributed by atoms with E-state index in [9.17, 15) is 14.0 Å². The normalized spacial score (nSPS) is 17.2. The van der Waals surface area contributed by atoms with Crippen LogP contribution >= 0.6 is 11.6 Å². The molecule has 0 aliphatic carbocycles. The molecule has 2 aromatic carbocycles. The number of aromatic nitrogens is 3. The summed E-state index contributed by atoms with van der Waals surface area (Å²) >= 11 is 6.87. The van der Waals surface area contributed by atoms with Crippen molar-refractivity contribution in [3.05, 3.63) is 99.7 Å². The van der Waals surface area contributed by atoms with Crippen LogP contribution in [0, 0.1) is 12.7 Å². The maximum Gasteiger partial charge on any atom is 0.354 e. The van der Waals surface area contributed by atoms with Crippen LogP contribution in [0.2, 0.25) is 5.02 Å². The lowest BCUT2D eigenvalue weighted by Crippen LogP contribution is -2.54. The summed E-state index contributed by atoms with van der Waals surface area (Å²) in [6.45, 7) is 5.59. The summed E-state index contributed by atoms with van der Waals surface area (Å²) in [6, 6.07) is 7.98. The average Bonchev–Trinajstić information content (AvgIpc) is 2.99. The average molecular weight is 609 g/mol. The summed E-state index contributed by atoms with van der Waals surface area (Å²) in [5.41, 5.74) is -0.251. The lowest BCUT2D eigenvalue weighted by molar-refractivity contribution is -0.129. The van der Waals surface area contributed by atoms with Crippen LogP contribution in [0.1, 0.15) is 50.4 Å². The van der Waals surface area contributed by atoms with Crippen molar-refractivity contribution >= 4 is 40.3 Å². The van der Waals surface area contributed by atoms with E-state index in [0.29, 0.717) is 11.1 Å². The second-order valence-corrected chi connectivity index (χ2v) is 11.1. The van der Waals surface area contributed by atoms with Gasteiger partial charge in [-0.3, -0.25) is 14.3 Å². The van der Waals surface area contributed by atoms with Gasteiger partial charge in [0.2, 0.25) is 0 Å². The van der Waals surface area contributed by atoms with E-state index in [1.807, 2.05) is 0 Å². The first-order valence-corrected chi connectivity index (χ1v) is 14.0. The Hall–Kier alpha value is -4.37. The first-order chi connectivity index (χ1) is 22.5. The molecule has 43 heavy (non-hydrogen) atoms. The molecule has 1 aliphatic heterocycles. The number of pyridine rings is 1. The Morgan fingerprint density at radius 3 is 2.74 bits per heavy atom. The number of anilines is 1. The van der Waals surface area contributed by atoms with E-state index in [-0.39, 0.29) is 69.9 Å². The van der Waals surface area contributed by atoms with Crippen molar-refractivity contribution in [2.75, 3.05) is 24.5 Å². The monoisotopic (exact) mass is 608 g/mol. The molecule has 7 nitrogen and oxygen atoms in total. The van der Waals surface area contributed by atoms with E-state index in [1.54, 1.807) is 25.7 Å². The number of hydrogen-bond donors (Lipinski definition) is 0. The zero-order valence-electron chi connectivity index (χ0n) is 28.8. The molecule has 1 aliphatic rings. The summed E-state index contributed by atoms with van der Waals surface area (Å²) in [5, 5.41) is 0.364. The van der Waals surface area contributed by atoms with Crippen molar-refractivity contribution in [3.63, 3.8) is 0 Å². The van der Waals surface area contributed by atoms with Gasteiger partial charge in [-0.25, -0.2) is 13.6 Å². The second kappa shape index (κ2) is 11.7. The molecule has 0 spiro atoms. The number of piperazine rings is 1. The molecule has 10 heteroatoms. The second-order valence-electron chi connectivity index (χ2n) is 10.7. The number of rotatable bonds is 6. The summed E-state index contributed by atoms with van der Waals surface area (Å²) in [6.07, 6.45) is 2.52. The van der Waals surface area contributed by atoms with Gasteiger partial charge in [-0.2, -0.15) is 4.98 Å².